The smallest absolute Gasteiger partial charge is 0.161 e. The van der Waals surface area contributed by atoms with Gasteiger partial charge in [0, 0.05) is 0 Å². The first kappa shape index (κ1) is 10.9. The highest BCUT2D eigenvalue weighted by molar-refractivity contribution is 5.47. The van der Waals surface area contributed by atoms with E-state index in [1.54, 1.807) is 7.11 Å². The van der Waals surface area contributed by atoms with E-state index in [-0.39, 0.29) is 5.75 Å². The van der Waals surface area contributed by atoms with Gasteiger partial charge in [-0.25, -0.2) is 0 Å². The minimum atomic E-state index is 0.257. The van der Waals surface area contributed by atoms with Crippen molar-refractivity contribution in [3.05, 3.63) is 23.3 Å². The van der Waals surface area contributed by atoms with Gasteiger partial charge in [0.05, 0.1) is 7.11 Å². The zero-order valence-corrected chi connectivity index (χ0v) is 9.13. The number of aryl methyl sites for hydroxylation is 2. The molecule has 78 valence electrons. The van der Waals surface area contributed by atoms with E-state index in [0.29, 0.717) is 5.75 Å². The van der Waals surface area contributed by atoms with Gasteiger partial charge in [0.1, 0.15) is 0 Å². The molecule has 1 N–H and O–H groups in total. The fourth-order valence-corrected chi connectivity index (χ4v) is 1.50. The fourth-order valence-electron chi connectivity index (χ4n) is 1.50. The number of rotatable bonds is 4. The summed E-state index contributed by atoms with van der Waals surface area (Å²) in [6, 6.07) is 3.94. The predicted octanol–water partition coefficient (Wildman–Crippen LogP) is 3.05. The third kappa shape index (κ3) is 2.41. The summed E-state index contributed by atoms with van der Waals surface area (Å²) in [4.78, 5) is 0. The third-order valence-corrected chi connectivity index (χ3v) is 2.36. The van der Waals surface area contributed by atoms with Crippen molar-refractivity contribution in [3.63, 3.8) is 0 Å². The number of phenols is 1. The van der Waals surface area contributed by atoms with Gasteiger partial charge in [-0.15, -0.1) is 0 Å². The van der Waals surface area contributed by atoms with Crippen LogP contribution in [0.25, 0.3) is 0 Å². The largest absolute Gasteiger partial charge is 0.504 e. The lowest BCUT2D eigenvalue weighted by Gasteiger charge is -2.09. The number of hydrogen-bond donors (Lipinski definition) is 1. The lowest BCUT2D eigenvalue weighted by molar-refractivity contribution is 0.371. The van der Waals surface area contributed by atoms with Crippen molar-refractivity contribution in [2.75, 3.05) is 7.11 Å². The third-order valence-electron chi connectivity index (χ3n) is 2.36. The zero-order chi connectivity index (χ0) is 10.6. The first-order valence-corrected chi connectivity index (χ1v) is 5.05. The minimum Gasteiger partial charge on any atom is -0.504 e. The lowest BCUT2D eigenvalue weighted by Crippen LogP contribution is -1.91. The van der Waals surface area contributed by atoms with Crippen molar-refractivity contribution in [2.24, 2.45) is 0 Å². The molecule has 0 aliphatic heterocycles. The number of benzene rings is 1. The van der Waals surface area contributed by atoms with E-state index >= 15 is 0 Å². The van der Waals surface area contributed by atoms with Gasteiger partial charge in [0.15, 0.2) is 11.5 Å². The molecule has 1 aromatic carbocycles. The Morgan fingerprint density at radius 1 is 1.36 bits per heavy atom. The van der Waals surface area contributed by atoms with E-state index in [1.807, 2.05) is 19.1 Å². The summed E-state index contributed by atoms with van der Waals surface area (Å²) in [5.74, 6) is 0.837. The lowest BCUT2D eigenvalue weighted by atomic mass is 10.0. The maximum absolute atomic E-state index is 9.62. The van der Waals surface area contributed by atoms with Crippen molar-refractivity contribution in [1.29, 1.82) is 0 Å². The maximum Gasteiger partial charge on any atom is 0.161 e. The van der Waals surface area contributed by atoms with Crippen LogP contribution in [-0.4, -0.2) is 12.2 Å². The number of phenolic OH excluding ortho intramolecular Hbond substituents is 1. The molecule has 0 fully saturated rings. The van der Waals surface area contributed by atoms with Crippen LogP contribution in [-0.2, 0) is 6.42 Å². The highest BCUT2D eigenvalue weighted by Crippen LogP contribution is 2.31. The molecule has 0 aliphatic carbocycles. The van der Waals surface area contributed by atoms with E-state index in [9.17, 15) is 5.11 Å². The zero-order valence-electron chi connectivity index (χ0n) is 9.13. The molecule has 0 atom stereocenters. The Balaban J connectivity index is 2.91. The predicted molar refractivity (Wildman–Crippen MR) is 58.0 cm³/mol. The van der Waals surface area contributed by atoms with E-state index in [1.165, 1.54) is 18.4 Å². The molecule has 0 saturated carbocycles. The Labute approximate surface area is 85.5 Å². The average molecular weight is 194 g/mol. The van der Waals surface area contributed by atoms with Crippen molar-refractivity contribution >= 4 is 0 Å². The van der Waals surface area contributed by atoms with E-state index in [0.717, 1.165) is 12.0 Å². The number of hydrogen-bond acceptors (Lipinski definition) is 2. The molecular weight excluding hydrogens is 176 g/mol. The van der Waals surface area contributed by atoms with E-state index in [4.69, 9.17) is 4.74 Å². The Morgan fingerprint density at radius 2 is 2.07 bits per heavy atom. The van der Waals surface area contributed by atoms with Crippen LogP contribution in [0.1, 0.15) is 30.9 Å². The van der Waals surface area contributed by atoms with Crippen molar-refractivity contribution < 1.29 is 9.84 Å². The second kappa shape index (κ2) is 4.89. The topological polar surface area (TPSA) is 29.5 Å². The van der Waals surface area contributed by atoms with Crippen LogP contribution in [0, 0.1) is 6.92 Å². The molecule has 0 amide bonds. The van der Waals surface area contributed by atoms with Crippen LogP contribution in [0.2, 0.25) is 0 Å². The molecule has 0 saturated heterocycles. The number of ether oxygens (including phenoxy) is 1. The summed E-state index contributed by atoms with van der Waals surface area (Å²) in [6.07, 6.45) is 3.41. The molecule has 1 rings (SSSR count). The van der Waals surface area contributed by atoms with Gasteiger partial charge in [0.25, 0.3) is 0 Å². The summed E-state index contributed by atoms with van der Waals surface area (Å²) in [5.41, 5.74) is 2.12. The summed E-state index contributed by atoms with van der Waals surface area (Å²) in [7, 11) is 1.58. The van der Waals surface area contributed by atoms with Gasteiger partial charge in [-0.05, 0) is 37.0 Å². The van der Waals surface area contributed by atoms with Gasteiger partial charge in [0.2, 0.25) is 0 Å². The Hall–Kier alpha value is -1.18. The van der Waals surface area contributed by atoms with Crippen molar-refractivity contribution in [2.45, 2.75) is 33.1 Å². The van der Waals surface area contributed by atoms with Crippen LogP contribution >= 0.6 is 0 Å². The summed E-state index contributed by atoms with van der Waals surface area (Å²) < 4.78 is 5.10. The molecule has 2 nitrogen and oxygen atoms in total. The standard InChI is InChI=1S/C12H18O2/c1-4-5-6-10-7-9(2)12(13)11(8-10)14-3/h7-8,13H,4-6H2,1-3H3. The monoisotopic (exact) mass is 194 g/mol. The molecule has 1 aromatic rings. The molecule has 0 heterocycles. The van der Waals surface area contributed by atoms with Crippen LogP contribution in [0.4, 0.5) is 0 Å². The molecule has 0 spiro atoms. The van der Waals surface area contributed by atoms with Crippen LogP contribution in [0.15, 0.2) is 12.1 Å². The van der Waals surface area contributed by atoms with Gasteiger partial charge in [-0.1, -0.05) is 19.4 Å². The summed E-state index contributed by atoms with van der Waals surface area (Å²) >= 11 is 0. The molecule has 0 radical (unpaired) electrons. The molecule has 0 aliphatic rings. The van der Waals surface area contributed by atoms with Gasteiger partial charge < -0.3 is 9.84 Å². The van der Waals surface area contributed by atoms with Gasteiger partial charge in [-0.2, -0.15) is 0 Å². The van der Waals surface area contributed by atoms with Gasteiger partial charge in [-0.3, -0.25) is 0 Å². The molecule has 0 unspecified atom stereocenters. The van der Waals surface area contributed by atoms with Gasteiger partial charge >= 0.3 is 0 Å². The molecule has 14 heavy (non-hydrogen) atoms. The first-order valence-electron chi connectivity index (χ1n) is 5.05. The average Bonchev–Trinajstić information content (AvgIpc) is 2.19. The Morgan fingerprint density at radius 3 is 2.64 bits per heavy atom. The van der Waals surface area contributed by atoms with Crippen molar-refractivity contribution in [1.82, 2.24) is 0 Å². The Bertz CT molecular complexity index is 305. The second-order valence-electron chi connectivity index (χ2n) is 3.57. The van der Waals surface area contributed by atoms with E-state index in [2.05, 4.69) is 6.92 Å². The van der Waals surface area contributed by atoms with Crippen LogP contribution in [0.3, 0.4) is 0 Å². The number of unbranched alkanes of at least 4 members (excludes halogenated alkanes) is 1. The van der Waals surface area contributed by atoms with Crippen molar-refractivity contribution in [3.8, 4) is 11.5 Å². The maximum atomic E-state index is 9.62. The fraction of sp³-hybridized carbons (Fsp3) is 0.500. The van der Waals surface area contributed by atoms with Crippen LogP contribution < -0.4 is 4.74 Å². The first-order chi connectivity index (χ1) is 6.69. The Kier molecular flexibility index (Phi) is 3.81. The molecule has 0 bridgehead atoms. The molecule has 0 aromatic heterocycles. The van der Waals surface area contributed by atoms with E-state index < -0.39 is 0 Å². The number of methoxy groups -OCH3 is 1. The number of aromatic hydroxyl groups is 1. The normalized spacial score (nSPS) is 10.2. The second-order valence-corrected chi connectivity index (χ2v) is 3.57. The highest BCUT2D eigenvalue weighted by atomic mass is 16.5. The highest BCUT2D eigenvalue weighted by Gasteiger charge is 2.06. The molecular formula is C12H18O2. The van der Waals surface area contributed by atoms with Crippen LogP contribution in [0.5, 0.6) is 11.5 Å². The summed E-state index contributed by atoms with van der Waals surface area (Å²) in [5, 5.41) is 9.62. The summed E-state index contributed by atoms with van der Waals surface area (Å²) in [6.45, 7) is 4.07. The quantitative estimate of drug-likeness (QED) is 0.798. The molecule has 2 heteroatoms. The minimum absolute atomic E-state index is 0.257. The SMILES string of the molecule is CCCCc1cc(C)c(O)c(OC)c1.